The highest BCUT2D eigenvalue weighted by molar-refractivity contribution is 9.10. The molecule has 0 aliphatic rings. The van der Waals surface area contributed by atoms with E-state index in [1.807, 2.05) is 24.3 Å². The van der Waals surface area contributed by atoms with Crippen LogP contribution in [0.25, 0.3) is 0 Å². The molecule has 0 bridgehead atoms. The molecule has 3 nitrogen and oxygen atoms in total. The van der Waals surface area contributed by atoms with Crippen LogP contribution < -0.4 is 5.32 Å². The zero-order valence-electron chi connectivity index (χ0n) is 8.95. The summed E-state index contributed by atoms with van der Waals surface area (Å²) in [5.74, 6) is -0.0159. The maximum absolute atomic E-state index is 13.5. The van der Waals surface area contributed by atoms with Crippen molar-refractivity contribution in [3.63, 3.8) is 0 Å². The SMILES string of the molecule is CNc1ncc(F)c(Sc2cccc(Br)c2)n1. The monoisotopic (exact) mass is 313 g/mol. The fourth-order valence-corrected chi connectivity index (χ4v) is 2.57. The average Bonchev–Trinajstić information content (AvgIpc) is 2.32. The molecule has 0 radical (unpaired) electrons. The number of benzene rings is 1. The van der Waals surface area contributed by atoms with Gasteiger partial charge in [-0.15, -0.1) is 0 Å². The maximum atomic E-state index is 13.5. The summed E-state index contributed by atoms with van der Waals surface area (Å²) in [4.78, 5) is 8.78. The van der Waals surface area contributed by atoms with Crippen molar-refractivity contribution in [2.24, 2.45) is 0 Å². The predicted molar refractivity (Wildman–Crippen MR) is 69.8 cm³/mol. The summed E-state index contributed by atoms with van der Waals surface area (Å²) in [6.07, 6.45) is 1.17. The minimum absolute atomic E-state index is 0.308. The Morgan fingerprint density at radius 3 is 2.94 bits per heavy atom. The van der Waals surface area contributed by atoms with E-state index < -0.39 is 5.82 Å². The second-order valence-electron chi connectivity index (χ2n) is 3.16. The summed E-state index contributed by atoms with van der Waals surface area (Å²) < 4.78 is 14.5. The molecule has 2 aromatic rings. The molecule has 2 rings (SSSR count). The van der Waals surface area contributed by atoms with Crippen LogP contribution in [0.3, 0.4) is 0 Å². The quantitative estimate of drug-likeness (QED) is 0.879. The lowest BCUT2D eigenvalue weighted by atomic mass is 10.4. The van der Waals surface area contributed by atoms with Crippen molar-refractivity contribution in [1.82, 2.24) is 9.97 Å². The molecule has 88 valence electrons. The summed E-state index contributed by atoms with van der Waals surface area (Å²) in [5, 5.41) is 3.09. The van der Waals surface area contributed by atoms with Crippen molar-refractivity contribution in [2.75, 3.05) is 12.4 Å². The Morgan fingerprint density at radius 1 is 1.41 bits per heavy atom. The van der Waals surface area contributed by atoms with Gasteiger partial charge in [-0.05, 0) is 18.2 Å². The third-order valence-corrected chi connectivity index (χ3v) is 3.41. The number of anilines is 1. The molecule has 1 N–H and O–H groups in total. The van der Waals surface area contributed by atoms with Gasteiger partial charge in [-0.2, -0.15) is 0 Å². The van der Waals surface area contributed by atoms with E-state index in [1.54, 1.807) is 7.05 Å². The van der Waals surface area contributed by atoms with E-state index in [9.17, 15) is 4.39 Å². The van der Waals surface area contributed by atoms with Crippen molar-refractivity contribution < 1.29 is 4.39 Å². The van der Waals surface area contributed by atoms with E-state index in [4.69, 9.17) is 0 Å². The summed E-state index contributed by atoms with van der Waals surface area (Å²) in [7, 11) is 1.70. The summed E-state index contributed by atoms with van der Waals surface area (Å²) in [6.45, 7) is 0. The number of aromatic nitrogens is 2. The molecule has 0 saturated heterocycles. The van der Waals surface area contributed by atoms with Gasteiger partial charge in [0.1, 0.15) is 5.03 Å². The Bertz CT molecular complexity index is 536. The molecule has 0 unspecified atom stereocenters. The Labute approximate surface area is 111 Å². The summed E-state index contributed by atoms with van der Waals surface area (Å²) >= 11 is 4.63. The summed E-state index contributed by atoms with van der Waals surface area (Å²) in [5.41, 5.74) is 0. The Hall–Kier alpha value is -1.14. The molecule has 0 amide bonds. The number of rotatable bonds is 3. The van der Waals surface area contributed by atoms with Gasteiger partial charge >= 0.3 is 0 Å². The third kappa shape index (κ3) is 3.17. The number of hydrogen-bond donors (Lipinski definition) is 1. The summed E-state index contributed by atoms with van der Waals surface area (Å²) in [6, 6.07) is 7.62. The third-order valence-electron chi connectivity index (χ3n) is 1.95. The lowest BCUT2D eigenvalue weighted by Crippen LogP contribution is -1.98. The zero-order valence-corrected chi connectivity index (χ0v) is 11.3. The molecule has 1 aromatic heterocycles. The first-order valence-electron chi connectivity index (χ1n) is 4.83. The van der Waals surface area contributed by atoms with Gasteiger partial charge in [-0.1, -0.05) is 33.8 Å². The van der Waals surface area contributed by atoms with E-state index in [2.05, 4.69) is 31.2 Å². The van der Waals surface area contributed by atoms with Gasteiger partial charge in [-0.25, -0.2) is 14.4 Å². The van der Waals surface area contributed by atoms with Crippen LogP contribution in [-0.2, 0) is 0 Å². The van der Waals surface area contributed by atoms with E-state index >= 15 is 0 Å². The standard InChI is InChI=1S/C11H9BrFN3S/c1-14-11-15-6-9(13)10(16-11)17-8-4-2-3-7(12)5-8/h2-6H,1H3,(H,14,15,16). The Kier molecular flexibility index (Phi) is 3.96. The smallest absolute Gasteiger partial charge is 0.223 e. The molecule has 1 aromatic carbocycles. The van der Waals surface area contributed by atoms with Crippen molar-refractivity contribution in [1.29, 1.82) is 0 Å². The van der Waals surface area contributed by atoms with Crippen molar-refractivity contribution >= 4 is 33.6 Å². The van der Waals surface area contributed by atoms with Crippen molar-refractivity contribution in [3.05, 3.63) is 40.8 Å². The van der Waals surface area contributed by atoms with Gasteiger partial charge in [0.15, 0.2) is 5.82 Å². The molecule has 0 fully saturated rings. The highest BCUT2D eigenvalue weighted by Gasteiger charge is 2.08. The van der Waals surface area contributed by atoms with Crippen LogP contribution in [0.1, 0.15) is 0 Å². The molecule has 0 aliphatic heterocycles. The normalized spacial score (nSPS) is 10.3. The first kappa shape index (κ1) is 12.3. The highest BCUT2D eigenvalue weighted by Crippen LogP contribution is 2.30. The molecule has 17 heavy (non-hydrogen) atoms. The van der Waals surface area contributed by atoms with Crippen LogP contribution in [-0.4, -0.2) is 17.0 Å². The first-order chi connectivity index (χ1) is 8.19. The fourth-order valence-electron chi connectivity index (χ4n) is 1.19. The van der Waals surface area contributed by atoms with E-state index in [0.29, 0.717) is 11.0 Å². The zero-order chi connectivity index (χ0) is 12.3. The maximum Gasteiger partial charge on any atom is 0.223 e. The second kappa shape index (κ2) is 5.46. The van der Waals surface area contributed by atoms with Crippen molar-refractivity contribution in [2.45, 2.75) is 9.92 Å². The highest BCUT2D eigenvalue weighted by atomic mass is 79.9. The van der Waals surface area contributed by atoms with Crippen LogP contribution in [0, 0.1) is 5.82 Å². The van der Waals surface area contributed by atoms with E-state index in [0.717, 1.165) is 9.37 Å². The Balaban J connectivity index is 2.29. The number of halogens is 2. The fraction of sp³-hybridized carbons (Fsp3) is 0.0909. The van der Waals surface area contributed by atoms with Crippen LogP contribution >= 0.6 is 27.7 Å². The van der Waals surface area contributed by atoms with Gasteiger partial charge in [0, 0.05) is 16.4 Å². The molecular formula is C11H9BrFN3S. The lowest BCUT2D eigenvalue weighted by Gasteiger charge is -2.04. The molecule has 1 heterocycles. The topological polar surface area (TPSA) is 37.8 Å². The first-order valence-corrected chi connectivity index (χ1v) is 6.43. The van der Waals surface area contributed by atoms with Gasteiger partial charge in [-0.3, -0.25) is 0 Å². The van der Waals surface area contributed by atoms with Crippen LogP contribution in [0.5, 0.6) is 0 Å². The van der Waals surface area contributed by atoms with Crippen LogP contribution in [0.15, 0.2) is 44.9 Å². The van der Waals surface area contributed by atoms with E-state index in [1.165, 1.54) is 18.0 Å². The average molecular weight is 314 g/mol. The number of hydrogen-bond acceptors (Lipinski definition) is 4. The molecule has 0 atom stereocenters. The minimum atomic E-state index is -0.422. The number of nitrogens with one attached hydrogen (secondary N) is 1. The minimum Gasteiger partial charge on any atom is -0.357 e. The molecular weight excluding hydrogens is 305 g/mol. The molecule has 0 saturated carbocycles. The van der Waals surface area contributed by atoms with Gasteiger partial charge in [0.25, 0.3) is 0 Å². The molecule has 6 heteroatoms. The van der Waals surface area contributed by atoms with Crippen LogP contribution in [0.4, 0.5) is 10.3 Å². The van der Waals surface area contributed by atoms with Gasteiger partial charge in [0.2, 0.25) is 5.95 Å². The van der Waals surface area contributed by atoms with Gasteiger partial charge in [0.05, 0.1) is 6.20 Å². The van der Waals surface area contributed by atoms with Crippen molar-refractivity contribution in [3.8, 4) is 0 Å². The van der Waals surface area contributed by atoms with Crippen LogP contribution in [0.2, 0.25) is 0 Å². The largest absolute Gasteiger partial charge is 0.357 e. The second-order valence-corrected chi connectivity index (χ2v) is 5.13. The number of nitrogens with zero attached hydrogens (tertiary/aromatic N) is 2. The predicted octanol–water partition coefficient (Wildman–Crippen LogP) is 3.57. The van der Waals surface area contributed by atoms with Gasteiger partial charge < -0.3 is 5.32 Å². The molecule has 0 aliphatic carbocycles. The Morgan fingerprint density at radius 2 is 2.24 bits per heavy atom. The lowest BCUT2D eigenvalue weighted by molar-refractivity contribution is 0.580. The van der Waals surface area contributed by atoms with E-state index in [-0.39, 0.29) is 0 Å². The molecule has 0 spiro atoms.